The zero-order valence-corrected chi connectivity index (χ0v) is 10.4. The van der Waals surface area contributed by atoms with E-state index in [0.29, 0.717) is 0 Å². The number of hydrogen-bond donors (Lipinski definition) is 1. The lowest BCUT2D eigenvalue weighted by molar-refractivity contribution is -0.0342. The summed E-state index contributed by atoms with van der Waals surface area (Å²) in [6.07, 6.45) is 1.97. The monoisotopic (exact) mass is 241 g/mol. The molecule has 4 heteroatoms. The Morgan fingerprint density at radius 3 is 2.50 bits per heavy atom. The number of halogens is 1. The Balaban J connectivity index is 0.00000128. The van der Waals surface area contributed by atoms with Gasteiger partial charge in [-0.05, 0) is 12.5 Å². The van der Waals surface area contributed by atoms with Crippen LogP contribution in [0.5, 0.6) is 0 Å². The Labute approximate surface area is 102 Å². The van der Waals surface area contributed by atoms with E-state index in [-0.39, 0.29) is 12.4 Å². The van der Waals surface area contributed by atoms with E-state index in [9.17, 15) is 0 Å². The van der Waals surface area contributed by atoms with Crippen LogP contribution in [0.25, 0.3) is 6.08 Å². The SMILES string of the molecule is COC1=Cc2ccccc2C(C)(OC)N1.Cl. The first kappa shape index (κ1) is 12.9. The van der Waals surface area contributed by atoms with Crippen molar-refractivity contribution in [3.63, 3.8) is 0 Å². The van der Waals surface area contributed by atoms with Crippen LogP contribution in [0.3, 0.4) is 0 Å². The maximum Gasteiger partial charge on any atom is 0.189 e. The molecule has 0 aromatic heterocycles. The third kappa shape index (κ3) is 2.01. The molecule has 0 saturated heterocycles. The molecule has 16 heavy (non-hydrogen) atoms. The molecule has 0 saturated carbocycles. The maximum absolute atomic E-state index is 5.51. The fourth-order valence-corrected chi connectivity index (χ4v) is 1.81. The molecule has 0 spiro atoms. The van der Waals surface area contributed by atoms with Gasteiger partial charge in [-0.25, -0.2) is 0 Å². The van der Waals surface area contributed by atoms with Gasteiger partial charge in [0.1, 0.15) is 0 Å². The van der Waals surface area contributed by atoms with E-state index < -0.39 is 5.72 Å². The lowest BCUT2D eigenvalue weighted by atomic mass is 9.95. The summed E-state index contributed by atoms with van der Waals surface area (Å²) in [4.78, 5) is 0. The molecule has 0 fully saturated rings. The number of ether oxygens (including phenoxy) is 2. The summed E-state index contributed by atoms with van der Waals surface area (Å²) in [6.45, 7) is 1.98. The summed E-state index contributed by atoms with van der Waals surface area (Å²) < 4.78 is 10.7. The smallest absolute Gasteiger partial charge is 0.189 e. The van der Waals surface area contributed by atoms with Crippen molar-refractivity contribution in [1.29, 1.82) is 0 Å². The molecule has 0 bridgehead atoms. The lowest BCUT2D eigenvalue weighted by Gasteiger charge is -2.35. The average Bonchev–Trinajstić information content (AvgIpc) is 2.29. The highest BCUT2D eigenvalue weighted by Crippen LogP contribution is 2.31. The first-order chi connectivity index (χ1) is 7.19. The normalized spacial score (nSPS) is 22.3. The topological polar surface area (TPSA) is 30.5 Å². The fraction of sp³-hybridized carbons (Fsp3) is 0.333. The predicted molar refractivity (Wildman–Crippen MR) is 66.2 cm³/mol. The second kappa shape index (κ2) is 4.76. The molecule has 1 aromatic rings. The molecule has 1 N–H and O–H groups in total. The molecule has 88 valence electrons. The van der Waals surface area contributed by atoms with Crippen LogP contribution in [0.2, 0.25) is 0 Å². The minimum atomic E-state index is -0.517. The van der Waals surface area contributed by atoms with Gasteiger partial charge in [0, 0.05) is 18.7 Å². The first-order valence-corrected chi connectivity index (χ1v) is 4.88. The van der Waals surface area contributed by atoms with E-state index in [1.165, 1.54) is 0 Å². The van der Waals surface area contributed by atoms with Crippen LogP contribution in [0.1, 0.15) is 18.1 Å². The van der Waals surface area contributed by atoms with Gasteiger partial charge in [0.15, 0.2) is 11.6 Å². The summed E-state index contributed by atoms with van der Waals surface area (Å²) in [6, 6.07) is 8.11. The van der Waals surface area contributed by atoms with Crippen molar-refractivity contribution >= 4 is 18.5 Å². The third-order valence-electron chi connectivity index (χ3n) is 2.75. The highest BCUT2D eigenvalue weighted by Gasteiger charge is 2.32. The largest absolute Gasteiger partial charge is 0.482 e. The first-order valence-electron chi connectivity index (χ1n) is 4.88. The van der Waals surface area contributed by atoms with Crippen molar-refractivity contribution in [2.75, 3.05) is 14.2 Å². The molecular formula is C12H16ClNO2. The Morgan fingerprint density at radius 2 is 1.88 bits per heavy atom. The van der Waals surface area contributed by atoms with Crippen molar-refractivity contribution in [3.8, 4) is 0 Å². The average molecular weight is 242 g/mol. The van der Waals surface area contributed by atoms with Crippen LogP contribution < -0.4 is 5.32 Å². The molecule has 2 rings (SSSR count). The number of nitrogens with one attached hydrogen (secondary N) is 1. The van der Waals surface area contributed by atoms with Gasteiger partial charge >= 0.3 is 0 Å². The van der Waals surface area contributed by atoms with Crippen molar-refractivity contribution in [2.45, 2.75) is 12.6 Å². The van der Waals surface area contributed by atoms with Crippen LogP contribution in [0.4, 0.5) is 0 Å². The zero-order chi connectivity index (χ0) is 10.9. The van der Waals surface area contributed by atoms with Gasteiger partial charge in [-0.15, -0.1) is 12.4 Å². The third-order valence-corrected chi connectivity index (χ3v) is 2.75. The molecule has 1 aliphatic rings. The van der Waals surface area contributed by atoms with Crippen molar-refractivity contribution < 1.29 is 9.47 Å². The minimum absolute atomic E-state index is 0. The van der Waals surface area contributed by atoms with E-state index in [0.717, 1.165) is 17.0 Å². The molecule has 1 aromatic carbocycles. The van der Waals surface area contributed by atoms with E-state index in [4.69, 9.17) is 9.47 Å². The summed E-state index contributed by atoms with van der Waals surface area (Å²) in [7, 11) is 3.32. The summed E-state index contributed by atoms with van der Waals surface area (Å²) >= 11 is 0. The summed E-state index contributed by atoms with van der Waals surface area (Å²) in [5.74, 6) is 0.720. The highest BCUT2D eigenvalue weighted by atomic mass is 35.5. The van der Waals surface area contributed by atoms with Crippen LogP contribution >= 0.6 is 12.4 Å². The Morgan fingerprint density at radius 1 is 1.19 bits per heavy atom. The van der Waals surface area contributed by atoms with Crippen molar-refractivity contribution in [1.82, 2.24) is 5.32 Å². The van der Waals surface area contributed by atoms with E-state index in [1.54, 1.807) is 14.2 Å². The van der Waals surface area contributed by atoms with Crippen LogP contribution in [0, 0.1) is 0 Å². The maximum atomic E-state index is 5.51. The minimum Gasteiger partial charge on any atom is -0.482 e. The number of fused-ring (bicyclic) bond motifs is 1. The second-order valence-corrected chi connectivity index (χ2v) is 3.66. The molecule has 3 nitrogen and oxygen atoms in total. The Kier molecular flexibility index (Phi) is 3.83. The van der Waals surface area contributed by atoms with Gasteiger partial charge in [0.05, 0.1) is 7.11 Å². The number of rotatable bonds is 2. The van der Waals surface area contributed by atoms with E-state index >= 15 is 0 Å². The highest BCUT2D eigenvalue weighted by molar-refractivity contribution is 5.85. The van der Waals surface area contributed by atoms with Crippen LogP contribution in [-0.4, -0.2) is 14.2 Å². The van der Waals surface area contributed by atoms with Gasteiger partial charge in [-0.2, -0.15) is 0 Å². The Hall–Kier alpha value is -1.19. The lowest BCUT2D eigenvalue weighted by Crippen LogP contribution is -2.43. The standard InChI is InChI=1S/C12H15NO2.ClH/c1-12(15-3)10-7-5-4-6-9(10)8-11(13-12)14-2;/h4-8,13H,1-3H3;1H. The van der Waals surface area contributed by atoms with Crippen molar-refractivity contribution in [3.05, 3.63) is 41.3 Å². The molecule has 1 heterocycles. The quantitative estimate of drug-likeness (QED) is 0.863. The summed E-state index contributed by atoms with van der Waals surface area (Å²) in [5.41, 5.74) is 1.72. The molecule has 0 aliphatic carbocycles. The van der Waals surface area contributed by atoms with Gasteiger partial charge in [-0.3, -0.25) is 0 Å². The predicted octanol–water partition coefficient (Wildman–Crippen LogP) is 2.48. The number of methoxy groups -OCH3 is 2. The molecule has 1 unspecified atom stereocenters. The van der Waals surface area contributed by atoms with Crippen molar-refractivity contribution in [2.24, 2.45) is 0 Å². The van der Waals surface area contributed by atoms with E-state index in [1.807, 2.05) is 31.2 Å². The van der Waals surface area contributed by atoms with E-state index in [2.05, 4.69) is 11.4 Å². The van der Waals surface area contributed by atoms with Gasteiger partial charge in [-0.1, -0.05) is 24.3 Å². The molecule has 1 atom stereocenters. The van der Waals surface area contributed by atoms with Crippen LogP contribution in [0.15, 0.2) is 30.1 Å². The molecule has 1 aliphatic heterocycles. The fourth-order valence-electron chi connectivity index (χ4n) is 1.81. The Bertz CT molecular complexity index is 406. The van der Waals surface area contributed by atoms with Gasteiger partial charge in [0.25, 0.3) is 0 Å². The zero-order valence-electron chi connectivity index (χ0n) is 9.61. The number of benzene rings is 1. The molecule has 0 amide bonds. The van der Waals surface area contributed by atoms with Gasteiger partial charge < -0.3 is 14.8 Å². The summed E-state index contributed by atoms with van der Waals surface area (Å²) in [5, 5.41) is 3.20. The van der Waals surface area contributed by atoms with Crippen LogP contribution in [-0.2, 0) is 15.2 Å². The number of hydrogen-bond acceptors (Lipinski definition) is 3. The second-order valence-electron chi connectivity index (χ2n) is 3.66. The molecular weight excluding hydrogens is 226 g/mol. The van der Waals surface area contributed by atoms with Gasteiger partial charge in [0.2, 0.25) is 0 Å². The molecule has 0 radical (unpaired) electrons.